The lowest BCUT2D eigenvalue weighted by atomic mass is 9.87. The van der Waals surface area contributed by atoms with Crippen LogP contribution in [0.3, 0.4) is 0 Å². The molecule has 3 heteroatoms. The molecule has 2 rings (SSSR count). The second-order valence-corrected chi connectivity index (χ2v) is 6.07. The number of hydrogen-bond donors (Lipinski definition) is 1. The molecule has 1 aromatic carbocycles. The fourth-order valence-corrected chi connectivity index (χ4v) is 2.98. The Hall–Kier alpha value is -0.570. The highest BCUT2D eigenvalue weighted by Gasteiger charge is 2.39. The molecule has 0 aromatic heterocycles. The Labute approximate surface area is 121 Å². The summed E-state index contributed by atoms with van der Waals surface area (Å²) < 4.78 is 6.02. The Morgan fingerprint density at radius 2 is 2.26 bits per heavy atom. The van der Waals surface area contributed by atoms with Crippen LogP contribution in [-0.4, -0.2) is 18.8 Å². The third kappa shape index (κ3) is 3.31. The van der Waals surface area contributed by atoms with Gasteiger partial charge in [-0.25, -0.2) is 0 Å². The topological polar surface area (TPSA) is 21.3 Å². The average Bonchev–Trinajstić information content (AvgIpc) is 2.82. The van der Waals surface area contributed by atoms with Gasteiger partial charge in [0.15, 0.2) is 0 Å². The molecule has 1 aliphatic rings. The van der Waals surface area contributed by atoms with Gasteiger partial charge in [0.25, 0.3) is 0 Å². The molecule has 0 aliphatic carbocycles. The zero-order chi connectivity index (χ0) is 13.9. The molecule has 1 saturated heterocycles. The number of benzene rings is 1. The molecule has 2 unspecified atom stereocenters. The molecular weight excluding hydrogens is 258 g/mol. The first kappa shape index (κ1) is 14.8. The number of aryl methyl sites for hydroxylation is 1. The van der Waals surface area contributed by atoms with Crippen LogP contribution in [0.1, 0.15) is 50.3 Å². The van der Waals surface area contributed by atoms with Crippen molar-refractivity contribution in [3.05, 3.63) is 34.3 Å². The normalized spacial score (nSPS) is 24.6. The van der Waals surface area contributed by atoms with Crippen molar-refractivity contribution in [2.24, 2.45) is 0 Å². The molecule has 19 heavy (non-hydrogen) atoms. The molecular formula is C16H24ClNO. The van der Waals surface area contributed by atoms with E-state index in [1.807, 2.05) is 6.92 Å². The zero-order valence-electron chi connectivity index (χ0n) is 12.1. The van der Waals surface area contributed by atoms with Gasteiger partial charge in [-0.3, -0.25) is 0 Å². The maximum Gasteiger partial charge on any atom is 0.0849 e. The standard InChI is InChI=1S/C16H24ClNO/c1-4-9-18-15(16(3)8-5-10-19-16)13-7-6-12(2)14(17)11-13/h6-7,11,15,18H,4-5,8-10H2,1-3H3. The predicted molar refractivity (Wildman–Crippen MR) is 80.8 cm³/mol. The molecule has 0 radical (unpaired) electrons. The smallest absolute Gasteiger partial charge is 0.0849 e. The van der Waals surface area contributed by atoms with Gasteiger partial charge in [0, 0.05) is 11.6 Å². The van der Waals surface area contributed by atoms with E-state index in [2.05, 4.69) is 37.4 Å². The monoisotopic (exact) mass is 281 g/mol. The first-order valence-electron chi connectivity index (χ1n) is 7.20. The first-order chi connectivity index (χ1) is 9.07. The molecule has 0 spiro atoms. The summed E-state index contributed by atoms with van der Waals surface area (Å²) in [6, 6.07) is 6.56. The number of hydrogen-bond acceptors (Lipinski definition) is 2. The molecule has 0 saturated carbocycles. The third-order valence-electron chi connectivity index (χ3n) is 3.99. The summed E-state index contributed by atoms with van der Waals surface area (Å²) in [6.07, 6.45) is 3.35. The summed E-state index contributed by atoms with van der Waals surface area (Å²) in [5.74, 6) is 0. The van der Waals surface area contributed by atoms with E-state index in [0.29, 0.717) is 0 Å². The van der Waals surface area contributed by atoms with Gasteiger partial charge < -0.3 is 10.1 Å². The van der Waals surface area contributed by atoms with Gasteiger partial charge in [-0.2, -0.15) is 0 Å². The van der Waals surface area contributed by atoms with Crippen LogP contribution >= 0.6 is 11.6 Å². The highest BCUT2D eigenvalue weighted by molar-refractivity contribution is 6.31. The van der Waals surface area contributed by atoms with Crippen LogP contribution in [0.15, 0.2) is 18.2 Å². The first-order valence-corrected chi connectivity index (χ1v) is 7.58. The van der Waals surface area contributed by atoms with Crippen LogP contribution in [0.5, 0.6) is 0 Å². The lowest BCUT2D eigenvalue weighted by Gasteiger charge is -2.34. The number of ether oxygens (including phenoxy) is 1. The van der Waals surface area contributed by atoms with E-state index >= 15 is 0 Å². The van der Waals surface area contributed by atoms with Crippen molar-refractivity contribution in [1.29, 1.82) is 0 Å². The van der Waals surface area contributed by atoms with Crippen LogP contribution in [0.2, 0.25) is 5.02 Å². The summed E-state index contributed by atoms with van der Waals surface area (Å²) in [7, 11) is 0. The van der Waals surface area contributed by atoms with Gasteiger partial charge in [-0.15, -0.1) is 0 Å². The largest absolute Gasteiger partial charge is 0.373 e. The molecule has 0 bridgehead atoms. The van der Waals surface area contributed by atoms with Crippen LogP contribution in [0, 0.1) is 6.92 Å². The molecule has 106 valence electrons. The van der Waals surface area contributed by atoms with Crippen LogP contribution in [0.4, 0.5) is 0 Å². The van der Waals surface area contributed by atoms with Gasteiger partial charge in [-0.05, 0) is 56.8 Å². The summed E-state index contributed by atoms with van der Waals surface area (Å²) in [5, 5.41) is 4.47. The van der Waals surface area contributed by atoms with Crippen LogP contribution in [0.25, 0.3) is 0 Å². The molecule has 0 amide bonds. The van der Waals surface area contributed by atoms with E-state index < -0.39 is 0 Å². The van der Waals surface area contributed by atoms with Gasteiger partial charge in [-0.1, -0.05) is 30.7 Å². The summed E-state index contributed by atoms with van der Waals surface area (Å²) in [6.45, 7) is 8.29. The Morgan fingerprint density at radius 1 is 1.47 bits per heavy atom. The van der Waals surface area contributed by atoms with E-state index in [0.717, 1.165) is 43.0 Å². The van der Waals surface area contributed by atoms with E-state index in [4.69, 9.17) is 16.3 Å². The third-order valence-corrected chi connectivity index (χ3v) is 4.39. The fraction of sp³-hybridized carbons (Fsp3) is 0.625. The summed E-state index contributed by atoms with van der Waals surface area (Å²) in [5.41, 5.74) is 2.24. The van der Waals surface area contributed by atoms with Crippen molar-refractivity contribution >= 4 is 11.6 Å². The quantitative estimate of drug-likeness (QED) is 0.871. The minimum Gasteiger partial charge on any atom is -0.373 e. The Balaban J connectivity index is 2.28. The fourth-order valence-electron chi connectivity index (χ4n) is 2.79. The van der Waals surface area contributed by atoms with E-state index in [-0.39, 0.29) is 11.6 Å². The minimum atomic E-state index is -0.117. The second-order valence-electron chi connectivity index (χ2n) is 5.66. The van der Waals surface area contributed by atoms with Crippen LogP contribution in [-0.2, 0) is 4.74 Å². The lowest BCUT2D eigenvalue weighted by Crippen LogP contribution is -2.41. The van der Waals surface area contributed by atoms with Gasteiger partial charge in [0.2, 0.25) is 0 Å². The van der Waals surface area contributed by atoms with E-state index in [1.54, 1.807) is 0 Å². The van der Waals surface area contributed by atoms with Crippen LogP contribution < -0.4 is 5.32 Å². The van der Waals surface area contributed by atoms with Crippen molar-refractivity contribution in [3.63, 3.8) is 0 Å². The highest BCUT2D eigenvalue weighted by atomic mass is 35.5. The highest BCUT2D eigenvalue weighted by Crippen LogP contribution is 2.38. The van der Waals surface area contributed by atoms with Gasteiger partial charge in [0.05, 0.1) is 11.6 Å². The zero-order valence-corrected chi connectivity index (χ0v) is 12.9. The Kier molecular flexibility index (Phi) is 4.88. The SMILES string of the molecule is CCCNC(c1ccc(C)c(Cl)c1)C1(C)CCCO1. The Morgan fingerprint density at radius 3 is 2.84 bits per heavy atom. The summed E-state index contributed by atoms with van der Waals surface area (Å²) >= 11 is 6.28. The van der Waals surface area contributed by atoms with Crippen molar-refractivity contribution in [2.45, 2.75) is 51.7 Å². The number of nitrogens with one attached hydrogen (secondary N) is 1. The van der Waals surface area contributed by atoms with Crippen molar-refractivity contribution in [2.75, 3.05) is 13.2 Å². The Bertz CT molecular complexity index is 427. The molecule has 1 N–H and O–H groups in total. The van der Waals surface area contributed by atoms with Gasteiger partial charge >= 0.3 is 0 Å². The molecule has 1 aliphatic heterocycles. The number of halogens is 1. The maximum absolute atomic E-state index is 6.28. The molecule has 2 nitrogen and oxygen atoms in total. The minimum absolute atomic E-state index is 0.117. The van der Waals surface area contributed by atoms with E-state index in [9.17, 15) is 0 Å². The molecule has 1 aromatic rings. The summed E-state index contributed by atoms with van der Waals surface area (Å²) in [4.78, 5) is 0. The van der Waals surface area contributed by atoms with E-state index in [1.165, 1.54) is 5.56 Å². The van der Waals surface area contributed by atoms with Crippen molar-refractivity contribution in [1.82, 2.24) is 5.32 Å². The predicted octanol–water partition coefficient (Wildman–Crippen LogP) is 4.26. The molecule has 2 atom stereocenters. The number of rotatable bonds is 5. The molecule has 1 heterocycles. The maximum atomic E-state index is 6.28. The lowest BCUT2D eigenvalue weighted by molar-refractivity contribution is -0.0124. The average molecular weight is 282 g/mol. The van der Waals surface area contributed by atoms with Gasteiger partial charge in [0.1, 0.15) is 0 Å². The van der Waals surface area contributed by atoms with Crippen molar-refractivity contribution in [3.8, 4) is 0 Å². The molecule has 1 fully saturated rings. The second kappa shape index (κ2) is 6.25. The van der Waals surface area contributed by atoms with Crippen molar-refractivity contribution < 1.29 is 4.74 Å².